The number of rotatable bonds is 4. The number of hydrogen-bond acceptors (Lipinski definition) is 6. The summed E-state index contributed by atoms with van der Waals surface area (Å²) in [6.45, 7) is 2.84. The maximum Gasteiger partial charge on any atom is 0.129 e. The molecule has 0 saturated heterocycles. The molecule has 0 spiro atoms. The first kappa shape index (κ1) is 12.8. The molecule has 0 aliphatic heterocycles. The fourth-order valence-corrected chi connectivity index (χ4v) is 3.41. The van der Waals surface area contributed by atoms with Gasteiger partial charge in [-0.3, -0.25) is 0 Å². The molecule has 0 unspecified atom stereocenters. The molecule has 98 valence electrons. The van der Waals surface area contributed by atoms with Crippen LogP contribution in [0.25, 0.3) is 11.0 Å². The van der Waals surface area contributed by atoms with Crippen LogP contribution in [0.15, 0.2) is 17.6 Å². The van der Waals surface area contributed by atoms with E-state index in [1.54, 1.807) is 11.3 Å². The Morgan fingerprint density at radius 2 is 2.21 bits per heavy atom. The number of aryl methyl sites for hydroxylation is 1. The number of nitrogens with one attached hydrogen (secondary N) is 1. The quantitative estimate of drug-likeness (QED) is 0.797. The molecule has 0 amide bonds. The van der Waals surface area contributed by atoms with Crippen molar-refractivity contribution in [3.63, 3.8) is 0 Å². The van der Waals surface area contributed by atoms with E-state index in [4.69, 9.17) is 11.6 Å². The smallest absolute Gasteiger partial charge is 0.129 e. The minimum absolute atomic E-state index is 0.682. The highest BCUT2D eigenvalue weighted by molar-refractivity contribution is 7.09. The standard InChI is InChI=1S/C12H11ClN4S2/c1-7-10(18-6-15-7)4-5-14-11-8(13)2-3-9-12(11)17-19-16-9/h2-3,6,14H,4-5H2,1H3. The lowest BCUT2D eigenvalue weighted by molar-refractivity contribution is 1.02. The summed E-state index contributed by atoms with van der Waals surface area (Å²) in [4.78, 5) is 5.54. The van der Waals surface area contributed by atoms with E-state index in [2.05, 4.69) is 19.0 Å². The first-order valence-corrected chi connectivity index (χ1v) is 7.78. The van der Waals surface area contributed by atoms with E-state index in [-0.39, 0.29) is 0 Å². The monoisotopic (exact) mass is 310 g/mol. The van der Waals surface area contributed by atoms with E-state index < -0.39 is 0 Å². The highest BCUT2D eigenvalue weighted by Crippen LogP contribution is 2.29. The Balaban J connectivity index is 1.76. The lowest BCUT2D eigenvalue weighted by atomic mass is 10.2. The molecule has 0 aliphatic rings. The van der Waals surface area contributed by atoms with Crippen molar-refractivity contribution >= 4 is 51.4 Å². The predicted molar refractivity (Wildman–Crippen MR) is 81.5 cm³/mol. The average molecular weight is 311 g/mol. The van der Waals surface area contributed by atoms with Gasteiger partial charge in [0.15, 0.2) is 0 Å². The van der Waals surface area contributed by atoms with Crippen molar-refractivity contribution in [2.75, 3.05) is 11.9 Å². The van der Waals surface area contributed by atoms with Gasteiger partial charge >= 0.3 is 0 Å². The second-order valence-corrected chi connectivity index (χ2v) is 5.97. The fourth-order valence-electron chi connectivity index (χ4n) is 1.86. The third-order valence-corrected chi connectivity index (χ3v) is 4.73. The van der Waals surface area contributed by atoms with Crippen molar-refractivity contribution in [3.05, 3.63) is 33.2 Å². The van der Waals surface area contributed by atoms with Gasteiger partial charge in [0, 0.05) is 17.8 Å². The van der Waals surface area contributed by atoms with Crippen LogP contribution in [0.1, 0.15) is 10.6 Å². The van der Waals surface area contributed by atoms with Crippen LogP contribution in [0.5, 0.6) is 0 Å². The Bertz CT molecular complexity index is 707. The van der Waals surface area contributed by atoms with Crippen LogP contribution in [0, 0.1) is 6.92 Å². The molecule has 0 aliphatic carbocycles. The van der Waals surface area contributed by atoms with E-state index in [9.17, 15) is 0 Å². The normalized spacial score (nSPS) is 11.1. The first-order valence-electron chi connectivity index (χ1n) is 5.79. The zero-order valence-corrected chi connectivity index (χ0v) is 12.6. The summed E-state index contributed by atoms with van der Waals surface area (Å²) in [7, 11) is 0. The van der Waals surface area contributed by atoms with Gasteiger partial charge in [0.05, 0.1) is 33.6 Å². The summed E-state index contributed by atoms with van der Waals surface area (Å²) in [5, 5.41) is 4.04. The molecule has 0 radical (unpaired) electrons. The lowest BCUT2D eigenvalue weighted by Crippen LogP contribution is -2.05. The van der Waals surface area contributed by atoms with Crippen molar-refractivity contribution < 1.29 is 0 Å². The zero-order chi connectivity index (χ0) is 13.2. The summed E-state index contributed by atoms with van der Waals surface area (Å²) in [6.07, 6.45) is 0.931. The largest absolute Gasteiger partial charge is 0.382 e. The van der Waals surface area contributed by atoms with E-state index in [1.165, 1.54) is 16.6 Å². The van der Waals surface area contributed by atoms with Crippen molar-refractivity contribution in [2.24, 2.45) is 0 Å². The number of hydrogen-bond donors (Lipinski definition) is 1. The molecule has 2 heterocycles. The minimum atomic E-state index is 0.682. The molecule has 1 N–H and O–H groups in total. The number of fused-ring (bicyclic) bond motifs is 1. The Morgan fingerprint density at radius 1 is 1.32 bits per heavy atom. The number of anilines is 1. The molecule has 3 aromatic rings. The highest BCUT2D eigenvalue weighted by Gasteiger charge is 2.09. The third kappa shape index (κ3) is 2.56. The molecular formula is C12H11ClN4S2. The molecule has 3 rings (SSSR count). The summed E-state index contributed by atoms with van der Waals surface area (Å²) >= 11 is 9.10. The Kier molecular flexibility index (Phi) is 3.63. The molecule has 7 heteroatoms. The number of benzene rings is 1. The van der Waals surface area contributed by atoms with Crippen molar-refractivity contribution in [2.45, 2.75) is 13.3 Å². The van der Waals surface area contributed by atoms with Crippen molar-refractivity contribution in [3.8, 4) is 0 Å². The first-order chi connectivity index (χ1) is 9.25. The number of halogens is 1. The van der Waals surface area contributed by atoms with Crippen LogP contribution in [-0.2, 0) is 6.42 Å². The Morgan fingerprint density at radius 3 is 3.00 bits per heavy atom. The van der Waals surface area contributed by atoms with Gasteiger partial charge in [-0.25, -0.2) is 4.98 Å². The van der Waals surface area contributed by atoms with E-state index >= 15 is 0 Å². The van der Waals surface area contributed by atoms with Gasteiger partial charge in [-0.05, 0) is 19.1 Å². The molecular weight excluding hydrogens is 300 g/mol. The van der Waals surface area contributed by atoms with E-state index in [0.29, 0.717) is 5.02 Å². The molecule has 2 aromatic heterocycles. The summed E-state index contributed by atoms with van der Waals surface area (Å²) in [5.74, 6) is 0. The Labute approximate surface area is 123 Å². The van der Waals surface area contributed by atoms with Crippen LogP contribution >= 0.6 is 34.7 Å². The summed E-state index contributed by atoms with van der Waals surface area (Å²) < 4.78 is 8.50. The molecule has 0 bridgehead atoms. The van der Waals surface area contributed by atoms with Crippen LogP contribution in [0.2, 0.25) is 5.02 Å². The molecule has 4 nitrogen and oxygen atoms in total. The van der Waals surface area contributed by atoms with Crippen LogP contribution in [-0.4, -0.2) is 20.3 Å². The molecule has 0 fully saturated rings. The second kappa shape index (κ2) is 5.40. The molecule has 1 aromatic carbocycles. The van der Waals surface area contributed by atoms with Gasteiger partial charge in [-0.2, -0.15) is 8.75 Å². The molecule has 0 saturated carbocycles. The maximum atomic E-state index is 6.22. The van der Waals surface area contributed by atoms with Crippen molar-refractivity contribution in [1.29, 1.82) is 0 Å². The molecule has 19 heavy (non-hydrogen) atoms. The zero-order valence-electron chi connectivity index (χ0n) is 10.2. The summed E-state index contributed by atoms with van der Waals surface area (Å²) in [5.41, 5.74) is 5.58. The summed E-state index contributed by atoms with van der Waals surface area (Å²) in [6, 6.07) is 3.74. The lowest BCUT2D eigenvalue weighted by Gasteiger charge is -2.08. The molecule has 0 atom stereocenters. The SMILES string of the molecule is Cc1ncsc1CCNc1c(Cl)ccc2nsnc12. The number of aromatic nitrogens is 3. The van der Waals surface area contributed by atoms with Gasteiger partial charge in [-0.15, -0.1) is 11.3 Å². The minimum Gasteiger partial charge on any atom is -0.382 e. The van der Waals surface area contributed by atoms with E-state index in [0.717, 1.165) is 35.4 Å². The third-order valence-electron chi connectivity index (χ3n) is 2.88. The van der Waals surface area contributed by atoms with Gasteiger partial charge in [0.25, 0.3) is 0 Å². The Hall–Kier alpha value is -1.24. The number of thiazole rings is 1. The predicted octanol–water partition coefficient (Wildman–Crippen LogP) is 3.76. The van der Waals surface area contributed by atoms with Gasteiger partial charge < -0.3 is 5.32 Å². The highest BCUT2D eigenvalue weighted by atomic mass is 35.5. The second-order valence-electron chi connectivity index (χ2n) is 4.09. The van der Waals surface area contributed by atoms with Gasteiger partial charge in [0.1, 0.15) is 11.0 Å². The van der Waals surface area contributed by atoms with E-state index in [1.807, 2.05) is 24.6 Å². The number of nitrogens with zero attached hydrogens (tertiary/aromatic N) is 3. The van der Waals surface area contributed by atoms with Gasteiger partial charge in [0.2, 0.25) is 0 Å². The van der Waals surface area contributed by atoms with Crippen LogP contribution in [0.3, 0.4) is 0 Å². The average Bonchev–Trinajstić information content (AvgIpc) is 3.01. The fraction of sp³-hybridized carbons (Fsp3) is 0.250. The van der Waals surface area contributed by atoms with Crippen molar-refractivity contribution in [1.82, 2.24) is 13.7 Å². The van der Waals surface area contributed by atoms with Gasteiger partial charge in [-0.1, -0.05) is 11.6 Å². The topological polar surface area (TPSA) is 50.7 Å². The van der Waals surface area contributed by atoms with Crippen LogP contribution < -0.4 is 5.32 Å². The maximum absolute atomic E-state index is 6.22. The van der Waals surface area contributed by atoms with Crippen LogP contribution in [0.4, 0.5) is 5.69 Å².